The lowest BCUT2D eigenvalue weighted by Gasteiger charge is -2.34. The Balaban J connectivity index is 2.23. The van der Waals surface area contributed by atoms with Gasteiger partial charge in [0.1, 0.15) is 0 Å². The normalized spacial score (nSPS) is 20.2. The van der Waals surface area contributed by atoms with Crippen molar-refractivity contribution in [3.05, 3.63) is 0 Å². The minimum absolute atomic E-state index is 0.0320. The van der Waals surface area contributed by atoms with Gasteiger partial charge in [0.25, 0.3) is 0 Å². The summed E-state index contributed by atoms with van der Waals surface area (Å²) in [6.07, 6.45) is 4.48. The van der Waals surface area contributed by atoms with Gasteiger partial charge in [0.05, 0.1) is 5.60 Å². The van der Waals surface area contributed by atoms with Gasteiger partial charge in [-0.2, -0.15) is 0 Å². The highest BCUT2D eigenvalue weighted by atomic mass is 16.5. The average Bonchev–Trinajstić information content (AvgIpc) is 2.21. The molecular formula is C13H27NO2. The van der Waals surface area contributed by atoms with Crippen LogP contribution in [0.5, 0.6) is 0 Å². The van der Waals surface area contributed by atoms with E-state index in [1.54, 1.807) is 0 Å². The highest BCUT2D eigenvalue weighted by Crippen LogP contribution is 2.27. The molecule has 0 atom stereocenters. The van der Waals surface area contributed by atoms with Crippen LogP contribution >= 0.6 is 0 Å². The van der Waals surface area contributed by atoms with Crippen LogP contribution in [0.3, 0.4) is 0 Å². The summed E-state index contributed by atoms with van der Waals surface area (Å²) in [6.45, 7) is 7.68. The predicted molar refractivity (Wildman–Crippen MR) is 66.6 cm³/mol. The number of aliphatic hydroxyl groups is 1. The molecule has 1 rings (SSSR count). The molecule has 0 aliphatic carbocycles. The molecule has 1 aliphatic heterocycles. The minimum Gasteiger partial charge on any atom is -0.396 e. The molecule has 3 heteroatoms. The summed E-state index contributed by atoms with van der Waals surface area (Å²) in [5, 5.41) is 8.73. The lowest BCUT2D eigenvalue weighted by molar-refractivity contribution is -0.0431. The summed E-state index contributed by atoms with van der Waals surface area (Å²) in [5.74, 6) is 0.806. The summed E-state index contributed by atoms with van der Waals surface area (Å²) in [6, 6.07) is 0. The highest BCUT2D eigenvalue weighted by Gasteiger charge is 2.26. The Kier molecular flexibility index (Phi) is 5.73. The van der Waals surface area contributed by atoms with Crippen molar-refractivity contribution in [2.75, 3.05) is 33.4 Å². The maximum Gasteiger partial charge on any atom is 0.0629 e. The van der Waals surface area contributed by atoms with Crippen LogP contribution in [0.4, 0.5) is 0 Å². The molecule has 0 saturated carbocycles. The average molecular weight is 229 g/mol. The fourth-order valence-electron chi connectivity index (χ4n) is 2.43. The number of likely N-dealkylation sites (tertiary alicyclic amines) is 1. The van der Waals surface area contributed by atoms with E-state index in [-0.39, 0.29) is 12.2 Å². The number of nitrogens with zero attached hydrogens (tertiary/aromatic N) is 1. The molecule has 1 saturated heterocycles. The molecule has 3 nitrogen and oxygen atoms in total. The first-order valence-electron chi connectivity index (χ1n) is 6.47. The SMILES string of the molecule is CN1CCC(CC(C)(C)OCCCO)CC1. The Bertz CT molecular complexity index is 186. The van der Waals surface area contributed by atoms with Crippen LogP contribution in [0.2, 0.25) is 0 Å². The number of aliphatic hydroxyl groups excluding tert-OH is 1. The standard InChI is InChI=1S/C13H27NO2/c1-13(2,16-10-4-9-15)11-12-5-7-14(3)8-6-12/h12,15H,4-11H2,1-3H3. The third-order valence-corrected chi connectivity index (χ3v) is 3.41. The van der Waals surface area contributed by atoms with Crippen LogP contribution in [0.15, 0.2) is 0 Å². The van der Waals surface area contributed by atoms with Crippen molar-refractivity contribution in [3.8, 4) is 0 Å². The van der Waals surface area contributed by atoms with Gasteiger partial charge in [0, 0.05) is 13.2 Å². The smallest absolute Gasteiger partial charge is 0.0629 e. The molecule has 1 heterocycles. The second kappa shape index (κ2) is 6.58. The molecule has 0 spiro atoms. The molecule has 16 heavy (non-hydrogen) atoms. The van der Waals surface area contributed by atoms with Crippen LogP contribution in [0.25, 0.3) is 0 Å². The molecule has 0 amide bonds. The summed E-state index contributed by atoms with van der Waals surface area (Å²) in [7, 11) is 2.19. The highest BCUT2D eigenvalue weighted by molar-refractivity contribution is 4.78. The van der Waals surface area contributed by atoms with E-state index in [2.05, 4.69) is 25.8 Å². The zero-order valence-corrected chi connectivity index (χ0v) is 11.0. The van der Waals surface area contributed by atoms with Gasteiger partial charge in [-0.15, -0.1) is 0 Å². The van der Waals surface area contributed by atoms with E-state index in [1.165, 1.54) is 25.9 Å². The maximum atomic E-state index is 8.73. The number of ether oxygens (including phenoxy) is 1. The first kappa shape index (κ1) is 13.9. The minimum atomic E-state index is -0.0320. The molecule has 1 fully saturated rings. The summed E-state index contributed by atoms with van der Waals surface area (Å²) in [5.41, 5.74) is -0.0320. The van der Waals surface area contributed by atoms with Crippen LogP contribution in [-0.2, 0) is 4.74 Å². The molecular weight excluding hydrogens is 202 g/mol. The lowest BCUT2D eigenvalue weighted by atomic mass is 9.86. The summed E-state index contributed by atoms with van der Waals surface area (Å²) >= 11 is 0. The largest absolute Gasteiger partial charge is 0.396 e. The van der Waals surface area contributed by atoms with Gasteiger partial charge in [0.15, 0.2) is 0 Å². The summed E-state index contributed by atoms with van der Waals surface area (Å²) < 4.78 is 5.83. The molecule has 0 aromatic heterocycles. The van der Waals surface area contributed by atoms with Crippen molar-refractivity contribution < 1.29 is 9.84 Å². The third kappa shape index (κ3) is 5.28. The zero-order valence-electron chi connectivity index (χ0n) is 11.0. The van der Waals surface area contributed by atoms with Crippen molar-refractivity contribution in [2.24, 2.45) is 5.92 Å². The zero-order chi connectivity index (χ0) is 12.0. The predicted octanol–water partition coefficient (Wildman–Crippen LogP) is 1.90. The number of piperidine rings is 1. The monoisotopic (exact) mass is 229 g/mol. The van der Waals surface area contributed by atoms with E-state index in [0.29, 0.717) is 6.61 Å². The van der Waals surface area contributed by atoms with Crippen LogP contribution in [0.1, 0.15) is 39.5 Å². The van der Waals surface area contributed by atoms with Gasteiger partial charge >= 0.3 is 0 Å². The van der Waals surface area contributed by atoms with Crippen LogP contribution in [0, 0.1) is 5.92 Å². The Morgan fingerprint density at radius 1 is 1.31 bits per heavy atom. The second-order valence-electron chi connectivity index (χ2n) is 5.64. The molecule has 96 valence electrons. The van der Waals surface area contributed by atoms with Gasteiger partial charge in [-0.05, 0) is 65.6 Å². The van der Waals surface area contributed by atoms with Gasteiger partial charge in [-0.25, -0.2) is 0 Å². The molecule has 0 aromatic rings. The van der Waals surface area contributed by atoms with E-state index in [0.717, 1.165) is 18.8 Å². The number of rotatable bonds is 6. The van der Waals surface area contributed by atoms with Crippen molar-refractivity contribution in [2.45, 2.75) is 45.1 Å². The van der Waals surface area contributed by atoms with E-state index < -0.39 is 0 Å². The van der Waals surface area contributed by atoms with E-state index in [9.17, 15) is 0 Å². The number of hydrogen-bond donors (Lipinski definition) is 1. The van der Waals surface area contributed by atoms with Crippen molar-refractivity contribution >= 4 is 0 Å². The van der Waals surface area contributed by atoms with Crippen LogP contribution < -0.4 is 0 Å². The van der Waals surface area contributed by atoms with E-state index >= 15 is 0 Å². The number of hydrogen-bond acceptors (Lipinski definition) is 3. The van der Waals surface area contributed by atoms with Crippen molar-refractivity contribution in [3.63, 3.8) is 0 Å². The Labute approximate surface area is 99.8 Å². The molecule has 1 N–H and O–H groups in total. The Hall–Kier alpha value is -0.120. The lowest BCUT2D eigenvalue weighted by Crippen LogP contribution is -2.35. The van der Waals surface area contributed by atoms with Crippen molar-refractivity contribution in [1.29, 1.82) is 0 Å². The van der Waals surface area contributed by atoms with Gasteiger partial charge < -0.3 is 14.7 Å². The molecule has 0 bridgehead atoms. The molecule has 0 radical (unpaired) electrons. The topological polar surface area (TPSA) is 32.7 Å². The van der Waals surface area contributed by atoms with Crippen LogP contribution in [-0.4, -0.2) is 49.0 Å². The molecule has 0 aromatic carbocycles. The first-order valence-corrected chi connectivity index (χ1v) is 6.47. The van der Waals surface area contributed by atoms with Crippen molar-refractivity contribution in [1.82, 2.24) is 4.90 Å². The quantitative estimate of drug-likeness (QED) is 0.706. The molecule has 0 unspecified atom stereocenters. The molecule has 1 aliphatic rings. The van der Waals surface area contributed by atoms with Gasteiger partial charge in [-0.1, -0.05) is 0 Å². The second-order valence-corrected chi connectivity index (χ2v) is 5.64. The Morgan fingerprint density at radius 3 is 2.50 bits per heavy atom. The maximum absolute atomic E-state index is 8.73. The van der Waals surface area contributed by atoms with Gasteiger partial charge in [-0.3, -0.25) is 0 Å². The first-order chi connectivity index (χ1) is 7.53. The Morgan fingerprint density at radius 2 is 1.94 bits per heavy atom. The fraction of sp³-hybridized carbons (Fsp3) is 1.00. The van der Waals surface area contributed by atoms with E-state index in [1.807, 2.05) is 0 Å². The van der Waals surface area contributed by atoms with Gasteiger partial charge in [0.2, 0.25) is 0 Å². The third-order valence-electron chi connectivity index (χ3n) is 3.41. The van der Waals surface area contributed by atoms with E-state index in [4.69, 9.17) is 9.84 Å². The fourth-order valence-corrected chi connectivity index (χ4v) is 2.43. The summed E-state index contributed by atoms with van der Waals surface area (Å²) in [4.78, 5) is 2.40.